The van der Waals surface area contributed by atoms with Crippen LogP contribution < -0.4 is 0 Å². The third kappa shape index (κ3) is 1.97. The topological polar surface area (TPSA) is 27.0 Å². The summed E-state index contributed by atoms with van der Waals surface area (Å²) in [5, 5.41) is 10.1. The molecule has 0 amide bonds. The molecule has 1 aliphatic carbocycles. The molecule has 21 heavy (non-hydrogen) atoms. The number of fused-ring (bicyclic) bond motifs is 3. The highest BCUT2D eigenvalue weighted by atomic mass is 15.2. The highest BCUT2D eigenvalue weighted by molar-refractivity contribution is 5.76. The Kier molecular flexibility index (Phi) is 3.53. The van der Waals surface area contributed by atoms with Crippen molar-refractivity contribution >= 4 is 0 Å². The maximum absolute atomic E-state index is 10.1. The molecule has 2 heteroatoms. The van der Waals surface area contributed by atoms with Crippen LogP contribution in [0.4, 0.5) is 0 Å². The van der Waals surface area contributed by atoms with Crippen molar-refractivity contribution in [2.45, 2.75) is 25.8 Å². The predicted octanol–water partition coefficient (Wildman–Crippen LogP) is 3.97. The highest BCUT2D eigenvalue weighted by Crippen LogP contribution is 2.44. The molecule has 0 saturated carbocycles. The molecule has 0 fully saturated rings. The summed E-state index contributed by atoms with van der Waals surface area (Å²) in [6.45, 7) is 6.01. The minimum atomic E-state index is -0.547. The number of nitrogens with zero attached hydrogens (tertiary/aromatic N) is 2. The van der Waals surface area contributed by atoms with Crippen molar-refractivity contribution in [2.75, 3.05) is 13.1 Å². The molecule has 0 heterocycles. The van der Waals surface area contributed by atoms with Crippen LogP contribution in [0.3, 0.4) is 0 Å². The van der Waals surface area contributed by atoms with Gasteiger partial charge in [0.25, 0.3) is 0 Å². The van der Waals surface area contributed by atoms with Crippen LogP contribution in [0.5, 0.6) is 0 Å². The Balaban J connectivity index is 2.29. The molecule has 2 aromatic carbocycles. The van der Waals surface area contributed by atoms with Gasteiger partial charge in [-0.3, -0.25) is 4.90 Å². The first-order chi connectivity index (χ1) is 10.3. The lowest BCUT2D eigenvalue weighted by Gasteiger charge is -2.42. The van der Waals surface area contributed by atoms with Gasteiger partial charge >= 0.3 is 0 Å². The molecule has 1 aliphatic rings. The molecule has 0 saturated heterocycles. The zero-order valence-electron chi connectivity index (χ0n) is 12.6. The molecular formula is C19H20N2. The van der Waals surface area contributed by atoms with Gasteiger partial charge in [-0.15, -0.1) is 0 Å². The molecule has 1 atom stereocenters. The molecular weight excluding hydrogens is 256 g/mol. The molecule has 2 nitrogen and oxygen atoms in total. The van der Waals surface area contributed by atoms with E-state index in [0.29, 0.717) is 0 Å². The molecule has 0 N–H and O–H groups in total. The van der Waals surface area contributed by atoms with Crippen molar-refractivity contribution in [1.29, 1.82) is 5.26 Å². The maximum Gasteiger partial charge on any atom is 0.139 e. The number of rotatable bonds is 3. The SMILES string of the molecule is CCN(CC)C1(C#N)Cc2ccccc2-c2ccccc21. The third-order valence-corrected chi connectivity index (χ3v) is 4.61. The van der Waals surface area contributed by atoms with Crippen molar-refractivity contribution in [3.63, 3.8) is 0 Å². The standard InChI is InChI=1S/C19H20N2/c1-3-21(4-2)19(14-20)13-15-9-5-6-10-16(15)17-11-7-8-12-18(17)19/h5-12H,3-4,13H2,1-2H3. The third-order valence-electron chi connectivity index (χ3n) is 4.61. The average Bonchev–Trinajstić information content (AvgIpc) is 2.56. The van der Waals surface area contributed by atoms with Crippen molar-refractivity contribution in [3.8, 4) is 17.2 Å². The van der Waals surface area contributed by atoms with Crippen LogP contribution in [-0.4, -0.2) is 18.0 Å². The van der Waals surface area contributed by atoms with Gasteiger partial charge in [0.1, 0.15) is 5.54 Å². The quantitative estimate of drug-likeness (QED) is 0.848. The monoisotopic (exact) mass is 276 g/mol. The molecule has 0 aromatic heterocycles. The fourth-order valence-corrected chi connectivity index (χ4v) is 3.60. The lowest BCUT2D eigenvalue weighted by atomic mass is 9.73. The van der Waals surface area contributed by atoms with Crippen LogP contribution in [0.2, 0.25) is 0 Å². The summed E-state index contributed by atoms with van der Waals surface area (Å²) in [4.78, 5) is 2.28. The van der Waals surface area contributed by atoms with E-state index >= 15 is 0 Å². The van der Waals surface area contributed by atoms with Gasteiger partial charge < -0.3 is 0 Å². The van der Waals surface area contributed by atoms with E-state index in [9.17, 15) is 5.26 Å². The lowest BCUT2D eigenvalue weighted by molar-refractivity contribution is 0.150. The van der Waals surface area contributed by atoms with E-state index in [1.165, 1.54) is 16.7 Å². The molecule has 0 radical (unpaired) electrons. The summed E-state index contributed by atoms with van der Waals surface area (Å²) in [5.74, 6) is 0. The fourth-order valence-electron chi connectivity index (χ4n) is 3.60. The second-order valence-electron chi connectivity index (χ2n) is 5.52. The summed E-state index contributed by atoms with van der Waals surface area (Å²) in [7, 11) is 0. The summed E-state index contributed by atoms with van der Waals surface area (Å²) < 4.78 is 0. The Labute approximate surface area is 126 Å². The van der Waals surface area contributed by atoms with Crippen molar-refractivity contribution < 1.29 is 0 Å². The largest absolute Gasteiger partial charge is 0.282 e. The highest BCUT2D eigenvalue weighted by Gasteiger charge is 2.42. The second-order valence-corrected chi connectivity index (χ2v) is 5.52. The van der Waals surface area contributed by atoms with Gasteiger partial charge in [0, 0.05) is 6.42 Å². The second kappa shape index (κ2) is 5.35. The van der Waals surface area contributed by atoms with Gasteiger partial charge in [-0.25, -0.2) is 0 Å². The van der Waals surface area contributed by atoms with Gasteiger partial charge in [-0.1, -0.05) is 62.4 Å². The minimum absolute atomic E-state index is 0.547. The summed E-state index contributed by atoms with van der Waals surface area (Å²) in [5.41, 5.74) is 4.34. The maximum atomic E-state index is 10.1. The summed E-state index contributed by atoms with van der Waals surface area (Å²) >= 11 is 0. The van der Waals surface area contributed by atoms with E-state index in [0.717, 1.165) is 25.1 Å². The Hall–Kier alpha value is -2.11. The smallest absolute Gasteiger partial charge is 0.139 e. The summed E-state index contributed by atoms with van der Waals surface area (Å²) in [6.07, 6.45) is 0.762. The zero-order valence-corrected chi connectivity index (χ0v) is 12.6. The van der Waals surface area contributed by atoms with Gasteiger partial charge in [0.2, 0.25) is 0 Å². The van der Waals surface area contributed by atoms with E-state index in [1.807, 2.05) is 6.07 Å². The zero-order chi connectivity index (χ0) is 14.9. The number of benzene rings is 2. The van der Waals surface area contributed by atoms with Crippen LogP contribution in [0.15, 0.2) is 48.5 Å². The Bertz CT molecular complexity index is 695. The average molecular weight is 276 g/mol. The van der Waals surface area contributed by atoms with Crippen LogP contribution in [0, 0.1) is 11.3 Å². The number of hydrogen-bond donors (Lipinski definition) is 0. The van der Waals surface area contributed by atoms with Crippen LogP contribution in [0.1, 0.15) is 25.0 Å². The number of likely N-dealkylation sites (N-methyl/N-ethyl adjacent to an activating group) is 1. The number of nitriles is 1. The van der Waals surface area contributed by atoms with E-state index in [1.54, 1.807) is 0 Å². The first-order valence-corrected chi connectivity index (χ1v) is 7.61. The van der Waals surface area contributed by atoms with Crippen LogP contribution in [-0.2, 0) is 12.0 Å². The van der Waals surface area contributed by atoms with Crippen LogP contribution >= 0.6 is 0 Å². The Morgan fingerprint density at radius 1 is 1.00 bits per heavy atom. The normalized spacial score (nSPS) is 19.7. The first kappa shape index (κ1) is 13.9. The predicted molar refractivity (Wildman–Crippen MR) is 85.8 cm³/mol. The number of hydrogen-bond acceptors (Lipinski definition) is 2. The Morgan fingerprint density at radius 2 is 1.62 bits per heavy atom. The molecule has 0 aliphatic heterocycles. The fraction of sp³-hybridized carbons (Fsp3) is 0.316. The van der Waals surface area contributed by atoms with Gasteiger partial charge in [0.05, 0.1) is 6.07 Å². The van der Waals surface area contributed by atoms with E-state index in [-0.39, 0.29) is 0 Å². The Morgan fingerprint density at radius 3 is 2.29 bits per heavy atom. The molecule has 106 valence electrons. The van der Waals surface area contributed by atoms with Crippen LogP contribution in [0.25, 0.3) is 11.1 Å². The molecule has 2 aromatic rings. The molecule has 0 bridgehead atoms. The molecule has 1 unspecified atom stereocenters. The summed E-state index contributed by atoms with van der Waals surface area (Å²) in [6, 6.07) is 19.5. The van der Waals surface area contributed by atoms with Crippen molar-refractivity contribution in [3.05, 3.63) is 59.7 Å². The lowest BCUT2D eigenvalue weighted by Crippen LogP contribution is -2.48. The minimum Gasteiger partial charge on any atom is -0.282 e. The van der Waals surface area contributed by atoms with Crippen molar-refractivity contribution in [1.82, 2.24) is 4.90 Å². The van der Waals surface area contributed by atoms with Crippen molar-refractivity contribution in [2.24, 2.45) is 0 Å². The van der Waals surface area contributed by atoms with E-state index in [2.05, 4.69) is 67.3 Å². The van der Waals surface area contributed by atoms with Gasteiger partial charge in [-0.2, -0.15) is 5.26 Å². The van der Waals surface area contributed by atoms with E-state index in [4.69, 9.17) is 0 Å². The first-order valence-electron chi connectivity index (χ1n) is 7.61. The molecule has 0 spiro atoms. The van der Waals surface area contributed by atoms with Gasteiger partial charge in [0.15, 0.2) is 0 Å². The van der Waals surface area contributed by atoms with Gasteiger partial charge in [-0.05, 0) is 35.3 Å². The van der Waals surface area contributed by atoms with E-state index < -0.39 is 5.54 Å². The molecule has 3 rings (SSSR count).